The second-order valence-corrected chi connectivity index (χ2v) is 7.89. The molecule has 1 heterocycles. The Kier molecular flexibility index (Phi) is 7.41. The maximum absolute atomic E-state index is 12.1. The summed E-state index contributed by atoms with van der Waals surface area (Å²) in [4.78, 5) is 13.9. The van der Waals surface area contributed by atoms with Crippen LogP contribution in [0.25, 0.3) is 0 Å². The van der Waals surface area contributed by atoms with Gasteiger partial charge in [-0.1, -0.05) is 17.7 Å². The standard InChI is InChI=1S/C23H28N4O2S/c1-16-6-11-21(17(2)14-16)24-23(30)26-25-18(3)19-7-9-20(10-8-19)29-15-22(28)27-12-4-5-13-27/h6-11,14H,4-5,12-13,15H2,1-3H3,(H2,24,26,30)/b25-18+. The van der Waals surface area contributed by atoms with Gasteiger partial charge in [0.15, 0.2) is 11.7 Å². The van der Waals surface area contributed by atoms with Crippen LogP contribution in [-0.2, 0) is 4.79 Å². The minimum Gasteiger partial charge on any atom is -0.484 e. The number of hydrogen-bond acceptors (Lipinski definition) is 4. The van der Waals surface area contributed by atoms with Crippen molar-refractivity contribution in [3.8, 4) is 5.75 Å². The van der Waals surface area contributed by atoms with Gasteiger partial charge in [-0.15, -0.1) is 0 Å². The third-order valence-corrected chi connectivity index (χ3v) is 5.24. The van der Waals surface area contributed by atoms with Crippen molar-refractivity contribution in [3.63, 3.8) is 0 Å². The third kappa shape index (κ3) is 6.03. The first-order chi connectivity index (χ1) is 14.4. The fourth-order valence-corrected chi connectivity index (χ4v) is 3.45. The fourth-order valence-electron chi connectivity index (χ4n) is 3.30. The number of nitrogens with one attached hydrogen (secondary N) is 2. The molecule has 3 rings (SSSR count). The number of nitrogens with zero attached hydrogens (tertiary/aromatic N) is 2. The third-order valence-electron chi connectivity index (χ3n) is 5.05. The van der Waals surface area contributed by atoms with E-state index >= 15 is 0 Å². The van der Waals surface area contributed by atoms with E-state index in [4.69, 9.17) is 17.0 Å². The molecular formula is C23H28N4O2S. The first kappa shape index (κ1) is 21.8. The van der Waals surface area contributed by atoms with E-state index in [-0.39, 0.29) is 12.5 Å². The SMILES string of the molecule is C/C(=N\NC(=S)Nc1ccc(C)cc1C)c1ccc(OCC(=O)N2CCCC2)cc1. The van der Waals surface area contributed by atoms with Gasteiger partial charge >= 0.3 is 0 Å². The van der Waals surface area contributed by atoms with E-state index in [9.17, 15) is 4.79 Å². The number of thiocarbonyl (C=S) groups is 1. The summed E-state index contributed by atoms with van der Waals surface area (Å²) >= 11 is 5.34. The predicted octanol–water partition coefficient (Wildman–Crippen LogP) is 4.02. The second kappa shape index (κ2) is 10.2. The Balaban J connectivity index is 1.50. The summed E-state index contributed by atoms with van der Waals surface area (Å²) in [5.74, 6) is 0.711. The number of hydrogen-bond donors (Lipinski definition) is 2. The molecule has 0 aromatic heterocycles. The van der Waals surface area contributed by atoms with Gasteiger partial charge in [0.25, 0.3) is 5.91 Å². The normalized spacial score (nSPS) is 13.8. The molecule has 0 atom stereocenters. The lowest BCUT2D eigenvalue weighted by Crippen LogP contribution is -2.32. The summed E-state index contributed by atoms with van der Waals surface area (Å²) in [6.07, 6.45) is 2.16. The number of carbonyl (C=O) groups is 1. The van der Waals surface area contributed by atoms with E-state index in [1.807, 2.05) is 55.1 Å². The Morgan fingerprint density at radius 1 is 1.13 bits per heavy atom. The van der Waals surface area contributed by atoms with E-state index in [1.165, 1.54) is 5.56 Å². The van der Waals surface area contributed by atoms with Gasteiger partial charge in [-0.2, -0.15) is 5.10 Å². The second-order valence-electron chi connectivity index (χ2n) is 7.48. The zero-order valence-corrected chi connectivity index (χ0v) is 18.5. The first-order valence-electron chi connectivity index (χ1n) is 10.1. The maximum Gasteiger partial charge on any atom is 0.260 e. The van der Waals surface area contributed by atoms with Gasteiger partial charge in [-0.25, -0.2) is 0 Å². The van der Waals surface area contributed by atoms with Crippen LogP contribution in [0.5, 0.6) is 5.75 Å². The number of ether oxygens (including phenoxy) is 1. The molecule has 7 heteroatoms. The lowest BCUT2D eigenvalue weighted by molar-refractivity contribution is -0.132. The smallest absolute Gasteiger partial charge is 0.260 e. The molecule has 0 aliphatic carbocycles. The Hall–Kier alpha value is -2.93. The highest BCUT2D eigenvalue weighted by Crippen LogP contribution is 2.16. The number of amides is 1. The van der Waals surface area contributed by atoms with Crippen LogP contribution in [0.3, 0.4) is 0 Å². The molecule has 2 N–H and O–H groups in total. The van der Waals surface area contributed by atoms with Crippen molar-refractivity contribution in [3.05, 3.63) is 59.2 Å². The molecule has 6 nitrogen and oxygen atoms in total. The van der Waals surface area contributed by atoms with Crippen molar-refractivity contribution < 1.29 is 9.53 Å². The van der Waals surface area contributed by atoms with Crippen molar-refractivity contribution in [1.29, 1.82) is 0 Å². The number of likely N-dealkylation sites (tertiary alicyclic amines) is 1. The Morgan fingerprint density at radius 3 is 2.50 bits per heavy atom. The van der Waals surface area contributed by atoms with Crippen molar-refractivity contribution in [1.82, 2.24) is 10.3 Å². The molecule has 1 aliphatic heterocycles. The molecule has 0 saturated carbocycles. The zero-order valence-electron chi connectivity index (χ0n) is 17.7. The largest absolute Gasteiger partial charge is 0.484 e. The topological polar surface area (TPSA) is 66.0 Å². The van der Waals surface area contributed by atoms with E-state index in [2.05, 4.69) is 28.8 Å². The number of rotatable bonds is 6. The minimum atomic E-state index is 0.0448. The highest BCUT2D eigenvalue weighted by molar-refractivity contribution is 7.80. The van der Waals surface area contributed by atoms with Crippen molar-refractivity contribution in [2.75, 3.05) is 25.0 Å². The van der Waals surface area contributed by atoms with Gasteiger partial charge < -0.3 is 15.0 Å². The molecule has 2 aromatic rings. The molecular weight excluding hydrogens is 396 g/mol. The Bertz CT molecular complexity index is 935. The Labute approximate surface area is 183 Å². The van der Waals surface area contributed by atoms with Crippen LogP contribution in [-0.4, -0.2) is 41.3 Å². The predicted molar refractivity (Wildman–Crippen MR) is 125 cm³/mol. The monoisotopic (exact) mass is 424 g/mol. The molecule has 30 heavy (non-hydrogen) atoms. The maximum atomic E-state index is 12.1. The van der Waals surface area contributed by atoms with E-state index in [0.29, 0.717) is 10.9 Å². The van der Waals surface area contributed by atoms with Crippen LogP contribution in [0.2, 0.25) is 0 Å². The number of anilines is 1. The molecule has 1 amide bonds. The number of aryl methyl sites for hydroxylation is 2. The van der Waals surface area contributed by atoms with Crippen molar-refractivity contribution >= 4 is 34.6 Å². The number of carbonyl (C=O) groups excluding carboxylic acids is 1. The average molecular weight is 425 g/mol. The Morgan fingerprint density at radius 2 is 1.83 bits per heavy atom. The first-order valence-corrected chi connectivity index (χ1v) is 10.5. The fraction of sp³-hybridized carbons (Fsp3) is 0.348. The quantitative estimate of drug-likeness (QED) is 0.417. The molecule has 0 radical (unpaired) electrons. The van der Waals surface area contributed by atoms with Gasteiger partial charge in [0.2, 0.25) is 0 Å². The van der Waals surface area contributed by atoms with E-state index < -0.39 is 0 Å². The summed E-state index contributed by atoms with van der Waals surface area (Å²) in [6.45, 7) is 7.75. The lowest BCUT2D eigenvalue weighted by Gasteiger charge is -2.15. The van der Waals surface area contributed by atoms with Gasteiger partial charge in [0.05, 0.1) is 5.71 Å². The average Bonchev–Trinajstić information content (AvgIpc) is 3.28. The molecule has 1 saturated heterocycles. The molecule has 0 bridgehead atoms. The number of benzene rings is 2. The summed E-state index contributed by atoms with van der Waals surface area (Å²) < 4.78 is 5.62. The molecule has 158 valence electrons. The van der Waals surface area contributed by atoms with E-state index in [0.717, 1.165) is 48.5 Å². The lowest BCUT2D eigenvalue weighted by atomic mass is 10.1. The van der Waals surface area contributed by atoms with Crippen molar-refractivity contribution in [2.24, 2.45) is 5.10 Å². The summed E-state index contributed by atoms with van der Waals surface area (Å²) in [5, 5.41) is 7.95. The van der Waals surface area contributed by atoms with Gasteiger partial charge in [-0.05, 0) is 87.3 Å². The minimum absolute atomic E-state index is 0.0448. The van der Waals surface area contributed by atoms with Crippen LogP contribution in [0.4, 0.5) is 5.69 Å². The number of hydrazone groups is 1. The molecule has 1 aliphatic rings. The van der Waals surface area contributed by atoms with Gasteiger partial charge in [0, 0.05) is 18.8 Å². The summed E-state index contributed by atoms with van der Waals surface area (Å²) in [7, 11) is 0. The molecule has 0 unspecified atom stereocenters. The van der Waals surface area contributed by atoms with Crippen molar-refractivity contribution in [2.45, 2.75) is 33.6 Å². The molecule has 2 aromatic carbocycles. The van der Waals surface area contributed by atoms with Crippen LogP contribution in [0.15, 0.2) is 47.6 Å². The van der Waals surface area contributed by atoms with Crippen LogP contribution < -0.4 is 15.5 Å². The van der Waals surface area contributed by atoms with Crippen LogP contribution in [0, 0.1) is 13.8 Å². The summed E-state index contributed by atoms with van der Waals surface area (Å²) in [5.41, 5.74) is 7.90. The zero-order chi connectivity index (χ0) is 21.5. The van der Waals surface area contributed by atoms with Crippen LogP contribution >= 0.6 is 12.2 Å². The van der Waals surface area contributed by atoms with Gasteiger partial charge in [-0.3, -0.25) is 10.2 Å². The van der Waals surface area contributed by atoms with Gasteiger partial charge in [0.1, 0.15) is 5.75 Å². The summed E-state index contributed by atoms with van der Waals surface area (Å²) in [6, 6.07) is 13.7. The highest BCUT2D eigenvalue weighted by Gasteiger charge is 2.18. The molecule has 1 fully saturated rings. The van der Waals surface area contributed by atoms with E-state index in [1.54, 1.807) is 0 Å². The van der Waals surface area contributed by atoms with Crippen LogP contribution in [0.1, 0.15) is 36.5 Å². The molecule has 0 spiro atoms. The highest BCUT2D eigenvalue weighted by atomic mass is 32.1.